The summed E-state index contributed by atoms with van der Waals surface area (Å²) < 4.78 is 0. The Bertz CT molecular complexity index is 898. The van der Waals surface area contributed by atoms with Gasteiger partial charge in [-0.1, -0.05) is 48.6 Å². The fourth-order valence-electron chi connectivity index (χ4n) is 4.24. The SMILES string of the molecule is C1=C[C@H]2c3ccc4ccccc4c3N[C@@H](c3ccncc3)[C@H]2C1. The predicted octanol–water partition coefficient (Wildman–Crippen LogP) is 5.06. The third-order valence-electron chi connectivity index (χ3n) is 5.33. The summed E-state index contributed by atoms with van der Waals surface area (Å²) >= 11 is 0. The average Bonchev–Trinajstić information content (AvgIpc) is 3.11. The molecule has 112 valence electrons. The zero-order chi connectivity index (χ0) is 15.2. The van der Waals surface area contributed by atoms with Crippen LogP contribution in [-0.4, -0.2) is 4.98 Å². The average molecular weight is 298 g/mol. The summed E-state index contributed by atoms with van der Waals surface area (Å²) in [6, 6.07) is 17.8. The minimum atomic E-state index is 0.344. The number of pyridine rings is 1. The normalized spacial score (nSPS) is 25.0. The van der Waals surface area contributed by atoms with Crippen LogP contribution in [0.4, 0.5) is 5.69 Å². The lowest BCUT2D eigenvalue weighted by atomic mass is 9.76. The maximum Gasteiger partial charge on any atom is 0.0555 e. The van der Waals surface area contributed by atoms with E-state index in [0.717, 1.165) is 6.42 Å². The van der Waals surface area contributed by atoms with Gasteiger partial charge >= 0.3 is 0 Å². The molecule has 1 aliphatic carbocycles. The lowest BCUT2D eigenvalue weighted by molar-refractivity contribution is 0.426. The number of allylic oxidation sites excluding steroid dienone is 2. The molecule has 0 saturated carbocycles. The standard InChI is InChI=1S/C21H18N2/c1-2-5-16-14(4-1)8-9-19-17-6-3-7-18(17)20(23-21(16)19)15-10-12-22-13-11-15/h1-6,8-13,17-18,20,23H,7H2/t17-,18+,20+/m1/s1. The number of rotatable bonds is 1. The maximum atomic E-state index is 4.18. The Labute approximate surface area is 135 Å². The molecular formula is C21H18N2. The molecule has 0 amide bonds. The summed E-state index contributed by atoms with van der Waals surface area (Å²) in [6.45, 7) is 0. The molecule has 1 aromatic heterocycles. The van der Waals surface area contributed by atoms with Gasteiger partial charge in [-0.25, -0.2) is 0 Å². The van der Waals surface area contributed by atoms with Gasteiger partial charge in [0.15, 0.2) is 0 Å². The van der Waals surface area contributed by atoms with Crippen molar-refractivity contribution in [3.63, 3.8) is 0 Å². The summed E-state index contributed by atoms with van der Waals surface area (Å²) in [5, 5.41) is 6.48. The van der Waals surface area contributed by atoms with Crippen molar-refractivity contribution in [2.75, 3.05) is 5.32 Å². The van der Waals surface area contributed by atoms with Gasteiger partial charge in [-0.2, -0.15) is 0 Å². The van der Waals surface area contributed by atoms with Crippen LogP contribution in [0.2, 0.25) is 0 Å². The third kappa shape index (κ3) is 1.91. The summed E-state index contributed by atoms with van der Waals surface area (Å²) in [4.78, 5) is 4.18. The molecule has 2 aromatic carbocycles. The Morgan fingerprint density at radius 2 is 1.83 bits per heavy atom. The van der Waals surface area contributed by atoms with Gasteiger partial charge in [0.05, 0.1) is 6.04 Å². The van der Waals surface area contributed by atoms with E-state index >= 15 is 0 Å². The minimum Gasteiger partial charge on any atom is -0.377 e. The minimum absolute atomic E-state index is 0.344. The van der Waals surface area contributed by atoms with Gasteiger partial charge in [0.25, 0.3) is 0 Å². The van der Waals surface area contributed by atoms with Gasteiger partial charge in [0.1, 0.15) is 0 Å². The summed E-state index contributed by atoms with van der Waals surface area (Å²) in [5.41, 5.74) is 4.07. The largest absolute Gasteiger partial charge is 0.377 e. The number of anilines is 1. The number of hydrogen-bond donors (Lipinski definition) is 1. The Hall–Kier alpha value is -2.61. The fraction of sp³-hybridized carbons (Fsp3) is 0.190. The highest BCUT2D eigenvalue weighted by molar-refractivity contribution is 5.96. The number of benzene rings is 2. The first-order valence-electron chi connectivity index (χ1n) is 8.26. The van der Waals surface area contributed by atoms with E-state index in [2.05, 4.69) is 71.0 Å². The Balaban J connectivity index is 1.72. The van der Waals surface area contributed by atoms with E-state index in [0.29, 0.717) is 17.9 Å². The molecule has 0 fully saturated rings. The number of nitrogens with zero attached hydrogens (tertiary/aromatic N) is 1. The van der Waals surface area contributed by atoms with Crippen LogP contribution in [0.1, 0.15) is 29.5 Å². The molecule has 3 aromatic rings. The summed E-state index contributed by atoms with van der Waals surface area (Å²) in [6.07, 6.45) is 9.67. The highest BCUT2D eigenvalue weighted by atomic mass is 15.0. The number of fused-ring (bicyclic) bond motifs is 5. The topological polar surface area (TPSA) is 24.9 Å². The van der Waals surface area contributed by atoms with Gasteiger partial charge in [-0.05, 0) is 41.0 Å². The molecule has 1 aliphatic heterocycles. The van der Waals surface area contributed by atoms with E-state index in [4.69, 9.17) is 0 Å². The van der Waals surface area contributed by atoms with Crippen LogP contribution in [0, 0.1) is 5.92 Å². The molecule has 0 radical (unpaired) electrons. The van der Waals surface area contributed by atoms with Gasteiger partial charge in [-0.15, -0.1) is 0 Å². The lowest BCUT2D eigenvalue weighted by Crippen LogP contribution is -2.29. The molecule has 0 saturated heterocycles. The van der Waals surface area contributed by atoms with Crippen LogP contribution < -0.4 is 5.32 Å². The first-order chi connectivity index (χ1) is 11.4. The van der Waals surface area contributed by atoms with E-state index in [1.807, 2.05) is 12.4 Å². The first-order valence-corrected chi connectivity index (χ1v) is 8.26. The highest BCUT2D eigenvalue weighted by Gasteiger charge is 2.38. The van der Waals surface area contributed by atoms with Crippen LogP contribution in [0.3, 0.4) is 0 Å². The second kappa shape index (κ2) is 4.95. The smallest absolute Gasteiger partial charge is 0.0555 e. The van der Waals surface area contributed by atoms with Crippen LogP contribution in [-0.2, 0) is 0 Å². The molecule has 23 heavy (non-hydrogen) atoms. The lowest BCUT2D eigenvalue weighted by Gasteiger charge is -2.38. The molecule has 5 rings (SSSR count). The molecular weight excluding hydrogens is 280 g/mol. The molecule has 2 nitrogen and oxygen atoms in total. The van der Waals surface area contributed by atoms with Gasteiger partial charge < -0.3 is 5.32 Å². The second-order valence-corrected chi connectivity index (χ2v) is 6.51. The van der Waals surface area contributed by atoms with Crippen molar-refractivity contribution in [1.82, 2.24) is 4.98 Å². The van der Waals surface area contributed by atoms with E-state index in [1.54, 1.807) is 0 Å². The van der Waals surface area contributed by atoms with E-state index in [1.165, 1.54) is 27.6 Å². The van der Waals surface area contributed by atoms with E-state index in [9.17, 15) is 0 Å². The Morgan fingerprint density at radius 3 is 2.74 bits per heavy atom. The number of aromatic nitrogens is 1. The quantitative estimate of drug-likeness (QED) is 0.635. The van der Waals surface area contributed by atoms with Crippen molar-refractivity contribution < 1.29 is 0 Å². The van der Waals surface area contributed by atoms with Crippen molar-refractivity contribution in [1.29, 1.82) is 0 Å². The second-order valence-electron chi connectivity index (χ2n) is 6.51. The van der Waals surface area contributed by atoms with E-state index in [-0.39, 0.29) is 0 Å². The molecule has 3 atom stereocenters. The molecule has 2 aliphatic rings. The van der Waals surface area contributed by atoms with Crippen molar-refractivity contribution >= 4 is 16.5 Å². The maximum absolute atomic E-state index is 4.18. The molecule has 0 bridgehead atoms. The molecule has 0 spiro atoms. The van der Waals surface area contributed by atoms with Crippen molar-refractivity contribution in [2.45, 2.75) is 18.4 Å². The van der Waals surface area contributed by atoms with Crippen LogP contribution in [0.15, 0.2) is 73.1 Å². The van der Waals surface area contributed by atoms with Crippen molar-refractivity contribution in [3.05, 3.63) is 84.2 Å². The molecule has 1 N–H and O–H groups in total. The van der Waals surface area contributed by atoms with Crippen LogP contribution in [0.5, 0.6) is 0 Å². The van der Waals surface area contributed by atoms with Gasteiger partial charge in [0, 0.05) is 29.4 Å². The Morgan fingerprint density at radius 1 is 0.957 bits per heavy atom. The van der Waals surface area contributed by atoms with Crippen LogP contribution >= 0.6 is 0 Å². The first kappa shape index (κ1) is 12.9. The zero-order valence-electron chi connectivity index (χ0n) is 12.8. The van der Waals surface area contributed by atoms with E-state index < -0.39 is 0 Å². The van der Waals surface area contributed by atoms with Crippen molar-refractivity contribution in [2.24, 2.45) is 5.92 Å². The summed E-state index contributed by atoms with van der Waals surface area (Å²) in [7, 11) is 0. The molecule has 0 unspecified atom stereocenters. The van der Waals surface area contributed by atoms with Gasteiger partial charge in [0.2, 0.25) is 0 Å². The molecule has 2 heterocycles. The number of hydrogen-bond acceptors (Lipinski definition) is 2. The summed E-state index contributed by atoms with van der Waals surface area (Å²) in [5.74, 6) is 1.10. The zero-order valence-corrected chi connectivity index (χ0v) is 12.8. The Kier molecular flexibility index (Phi) is 2.77. The third-order valence-corrected chi connectivity index (χ3v) is 5.33. The number of nitrogens with one attached hydrogen (secondary N) is 1. The predicted molar refractivity (Wildman–Crippen MR) is 94.5 cm³/mol. The van der Waals surface area contributed by atoms with Gasteiger partial charge in [-0.3, -0.25) is 4.98 Å². The fourth-order valence-corrected chi connectivity index (χ4v) is 4.24. The molecule has 2 heteroatoms. The monoisotopic (exact) mass is 298 g/mol. The van der Waals surface area contributed by atoms with Crippen LogP contribution in [0.25, 0.3) is 10.8 Å². The van der Waals surface area contributed by atoms with Crippen molar-refractivity contribution in [3.8, 4) is 0 Å². The highest BCUT2D eigenvalue weighted by Crippen LogP contribution is 2.51.